The van der Waals surface area contributed by atoms with E-state index in [1.165, 1.54) is 6.07 Å². The van der Waals surface area contributed by atoms with Crippen LogP contribution >= 0.6 is 0 Å². The summed E-state index contributed by atoms with van der Waals surface area (Å²) in [6.07, 6.45) is 2.78. The molecule has 0 spiro atoms. The summed E-state index contributed by atoms with van der Waals surface area (Å²) in [4.78, 5) is 25.3. The van der Waals surface area contributed by atoms with Crippen LogP contribution in [0.4, 0.5) is 11.4 Å². The molecule has 1 amide bonds. The zero-order chi connectivity index (χ0) is 19.2. The smallest absolute Gasteiger partial charge is 0.293 e. The van der Waals surface area contributed by atoms with Crippen LogP contribution in [0.5, 0.6) is 0 Å². The lowest BCUT2D eigenvalue weighted by Gasteiger charge is -2.37. The molecule has 2 aromatic rings. The van der Waals surface area contributed by atoms with Crippen molar-refractivity contribution >= 4 is 17.3 Å². The van der Waals surface area contributed by atoms with Gasteiger partial charge >= 0.3 is 0 Å². The molecule has 138 valence electrons. The van der Waals surface area contributed by atoms with Gasteiger partial charge in [-0.3, -0.25) is 14.9 Å². The first-order valence-electron chi connectivity index (χ1n) is 8.88. The molecule has 1 aliphatic heterocycles. The Balaban J connectivity index is 1.79. The van der Waals surface area contributed by atoms with Crippen molar-refractivity contribution in [3.8, 4) is 6.07 Å². The fourth-order valence-corrected chi connectivity index (χ4v) is 3.41. The minimum atomic E-state index is -0.454. The van der Waals surface area contributed by atoms with Crippen molar-refractivity contribution in [1.29, 1.82) is 5.26 Å². The number of nitriles is 1. The van der Waals surface area contributed by atoms with Gasteiger partial charge in [-0.1, -0.05) is 18.2 Å². The Morgan fingerprint density at radius 1 is 1.26 bits per heavy atom. The summed E-state index contributed by atoms with van der Waals surface area (Å²) in [5.41, 5.74) is 1.27. The second-order valence-corrected chi connectivity index (χ2v) is 6.49. The quantitative estimate of drug-likeness (QED) is 0.648. The minimum absolute atomic E-state index is 0.0296. The van der Waals surface area contributed by atoms with Crippen LogP contribution in [-0.2, 0) is 0 Å². The zero-order valence-electron chi connectivity index (χ0n) is 14.8. The third-order valence-electron chi connectivity index (χ3n) is 4.77. The van der Waals surface area contributed by atoms with Crippen LogP contribution in [-0.4, -0.2) is 30.0 Å². The number of carbonyl (C=O) groups is 1. The van der Waals surface area contributed by atoms with E-state index in [9.17, 15) is 14.9 Å². The lowest BCUT2D eigenvalue weighted by Crippen LogP contribution is -2.47. The van der Waals surface area contributed by atoms with Gasteiger partial charge in [-0.15, -0.1) is 0 Å². The van der Waals surface area contributed by atoms with Crippen LogP contribution in [0.2, 0.25) is 0 Å². The van der Waals surface area contributed by atoms with Gasteiger partial charge in [0.1, 0.15) is 5.69 Å². The fraction of sp³-hybridized carbons (Fsp3) is 0.300. The average molecular weight is 364 g/mol. The van der Waals surface area contributed by atoms with Crippen LogP contribution in [0.3, 0.4) is 0 Å². The summed E-state index contributed by atoms with van der Waals surface area (Å²) in [7, 11) is 0. The minimum Gasteiger partial charge on any atom is -0.361 e. The van der Waals surface area contributed by atoms with E-state index in [4.69, 9.17) is 5.26 Å². The molecule has 27 heavy (non-hydrogen) atoms. The number of amides is 1. The molecular weight excluding hydrogens is 344 g/mol. The molecule has 1 aliphatic rings. The normalized spacial score (nSPS) is 16.4. The molecule has 1 heterocycles. The third kappa shape index (κ3) is 4.23. The fourth-order valence-electron chi connectivity index (χ4n) is 3.41. The van der Waals surface area contributed by atoms with Gasteiger partial charge in [0.15, 0.2) is 0 Å². The van der Waals surface area contributed by atoms with Crippen molar-refractivity contribution in [2.45, 2.75) is 25.3 Å². The molecule has 0 bridgehead atoms. The Bertz CT molecular complexity index is 877. The van der Waals surface area contributed by atoms with E-state index in [0.717, 1.165) is 19.3 Å². The van der Waals surface area contributed by atoms with E-state index in [-0.39, 0.29) is 23.2 Å². The van der Waals surface area contributed by atoms with Crippen LogP contribution in [0.25, 0.3) is 0 Å². The lowest BCUT2D eigenvalue weighted by atomic mass is 10.00. The number of rotatable bonds is 5. The summed E-state index contributed by atoms with van der Waals surface area (Å²) in [6.45, 7) is 1.09. The summed E-state index contributed by atoms with van der Waals surface area (Å²) in [5, 5.41) is 23.4. The first-order chi connectivity index (χ1) is 13.1. The molecule has 0 aromatic heterocycles. The van der Waals surface area contributed by atoms with Gasteiger partial charge in [-0.2, -0.15) is 5.26 Å². The number of nitro groups is 1. The van der Waals surface area contributed by atoms with Gasteiger partial charge in [0.25, 0.3) is 11.6 Å². The molecule has 7 nitrogen and oxygen atoms in total. The molecule has 0 saturated carbocycles. The number of piperidine rings is 1. The van der Waals surface area contributed by atoms with Crippen molar-refractivity contribution in [3.05, 3.63) is 69.8 Å². The predicted octanol–water partition coefficient (Wildman–Crippen LogP) is 3.26. The molecule has 2 aromatic carbocycles. The molecule has 1 atom stereocenters. The summed E-state index contributed by atoms with van der Waals surface area (Å²) < 4.78 is 0. The van der Waals surface area contributed by atoms with Crippen molar-refractivity contribution in [3.63, 3.8) is 0 Å². The van der Waals surface area contributed by atoms with Gasteiger partial charge in [-0.25, -0.2) is 0 Å². The van der Waals surface area contributed by atoms with E-state index in [1.807, 2.05) is 29.2 Å². The van der Waals surface area contributed by atoms with Crippen molar-refractivity contribution in [2.24, 2.45) is 0 Å². The number of anilines is 1. The van der Waals surface area contributed by atoms with E-state index in [1.54, 1.807) is 24.3 Å². The maximum absolute atomic E-state index is 12.3. The van der Waals surface area contributed by atoms with Gasteiger partial charge in [-0.05, 0) is 43.5 Å². The second kappa shape index (κ2) is 8.32. The first-order valence-corrected chi connectivity index (χ1v) is 8.88. The number of nitro benzene ring substituents is 1. The lowest BCUT2D eigenvalue weighted by molar-refractivity contribution is -0.384. The number of hydrogen-bond donors (Lipinski definition) is 1. The molecule has 0 radical (unpaired) electrons. The number of nitrogens with zero attached hydrogens (tertiary/aromatic N) is 3. The highest BCUT2D eigenvalue weighted by atomic mass is 16.6. The SMILES string of the molecule is N#Cc1ccc(N2CCCCC2CNC(=O)c2ccccc2)c([N+](=O)[O-])c1. The summed E-state index contributed by atoms with van der Waals surface area (Å²) >= 11 is 0. The van der Waals surface area contributed by atoms with E-state index >= 15 is 0 Å². The van der Waals surface area contributed by atoms with Gasteiger partial charge in [0.05, 0.1) is 16.6 Å². The summed E-state index contributed by atoms with van der Waals surface area (Å²) in [5.74, 6) is -0.157. The monoisotopic (exact) mass is 364 g/mol. The highest BCUT2D eigenvalue weighted by molar-refractivity contribution is 5.94. The van der Waals surface area contributed by atoms with Gasteiger partial charge < -0.3 is 10.2 Å². The highest BCUT2D eigenvalue weighted by Crippen LogP contribution is 2.33. The second-order valence-electron chi connectivity index (χ2n) is 6.49. The Hall–Kier alpha value is -3.40. The van der Waals surface area contributed by atoms with Crippen LogP contribution in [0, 0.1) is 21.4 Å². The van der Waals surface area contributed by atoms with E-state index in [0.29, 0.717) is 24.3 Å². The maximum Gasteiger partial charge on any atom is 0.293 e. The molecule has 0 aliphatic carbocycles. The Morgan fingerprint density at radius 2 is 2.04 bits per heavy atom. The molecule has 3 rings (SSSR count). The number of benzene rings is 2. The first kappa shape index (κ1) is 18.4. The predicted molar refractivity (Wildman–Crippen MR) is 102 cm³/mol. The molecule has 7 heteroatoms. The van der Waals surface area contributed by atoms with Crippen LogP contribution < -0.4 is 10.2 Å². The largest absolute Gasteiger partial charge is 0.361 e. The molecular formula is C20H20N4O3. The average Bonchev–Trinajstić information content (AvgIpc) is 2.72. The standard InChI is InChI=1S/C20H20N4O3/c21-13-15-9-10-18(19(12-15)24(26)27)23-11-5-4-8-17(23)14-22-20(25)16-6-2-1-3-7-16/h1-3,6-7,9-10,12,17H,4-5,8,11,14H2,(H,22,25). The van der Waals surface area contributed by atoms with Crippen LogP contribution in [0.1, 0.15) is 35.2 Å². The van der Waals surface area contributed by atoms with E-state index < -0.39 is 4.92 Å². The maximum atomic E-state index is 12.3. The molecule has 1 unspecified atom stereocenters. The summed E-state index contributed by atoms with van der Waals surface area (Å²) in [6, 6.07) is 15.4. The van der Waals surface area contributed by atoms with Crippen molar-refractivity contribution in [1.82, 2.24) is 5.32 Å². The number of hydrogen-bond acceptors (Lipinski definition) is 5. The molecule has 1 fully saturated rings. The number of carbonyl (C=O) groups excluding carboxylic acids is 1. The van der Waals surface area contributed by atoms with Crippen LogP contribution in [0.15, 0.2) is 48.5 Å². The highest BCUT2D eigenvalue weighted by Gasteiger charge is 2.28. The topological polar surface area (TPSA) is 99.3 Å². The number of nitrogens with one attached hydrogen (secondary N) is 1. The van der Waals surface area contributed by atoms with Crippen molar-refractivity contribution in [2.75, 3.05) is 18.0 Å². The Kier molecular flexibility index (Phi) is 5.67. The molecule has 1 N–H and O–H groups in total. The third-order valence-corrected chi connectivity index (χ3v) is 4.77. The van der Waals surface area contributed by atoms with Gasteiger partial charge in [0, 0.05) is 30.8 Å². The Labute approximate surface area is 157 Å². The molecule has 1 saturated heterocycles. The zero-order valence-corrected chi connectivity index (χ0v) is 14.8. The van der Waals surface area contributed by atoms with Gasteiger partial charge in [0.2, 0.25) is 0 Å². The van der Waals surface area contributed by atoms with Crippen molar-refractivity contribution < 1.29 is 9.72 Å². The van der Waals surface area contributed by atoms with E-state index in [2.05, 4.69) is 5.32 Å². The Morgan fingerprint density at radius 3 is 2.74 bits per heavy atom.